The number of nitrogens with two attached hydrogens (primary N) is 1. The van der Waals surface area contributed by atoms with Gasteiger partial charge in [-0.05, 0) is 42.7 Å². The van der Waals surface area contributed by atoms with Crippen molar-refractivity contribution in [2.75, 3.05) is 11.1 Å². The highest BCUT2D eigenvalue weighted by Crippen LogP contribution is 2.30. The first kappa shape index (κ1) is 27.3. The van der Waals surface area contributed by atoms with Gasteiger partial charge in [-0.2, -0.15) is 10.4 Å². The molecule has 5 rings (SSSR count). The van der Waals surface area contributed by atoms with E-state index < -0.39 is 0 Å². The molecule has 10 heteroatoms. The third kappa shape index (κ3) is 5.84. The molecule has 0 radical (unpaired) electrons. The van der Waals surface area contributed by atoms with E-state index in [1.807, 2.05) is 51.2 Å². The molecule has 0 aliphatic carbocycles. The molecule has 0 aliphatic heterocycles. The van der Waals surface area contributed by atoms with Gasteiger partial charge < -0.3 is 16.4 Å². The number of aryl methyl sites for hydroxylation is 1. The first-order valence-electron chi connectivity index (χ1n) is 13.3. The largest absolute Gasteiger partial charge is 0.383 e. The maximum atomic E-state index is 13.5. The number of nitrogens with one attached hydrogen (secondary N) is 2. The van der Waals surface area contributed by atoms with Crippen LogP contribution in [0.25, 0.3) is 28.0 Å². The number of nitrogens with zero attached hydrogens (tertiary/aromatic N) is 6. The number of anilines is 2. The van der Waals surface area contributed by atoms with Crippen LogP contribution in [0.1, 0.15) is 48.6 Å². The summed E-state index contributed by atoms with van der Waals surface area (Å²) in [6.45, 7) is 4.57. The molecular weight excluding hydrogens is 517 g/mol. The zero-order chi connectivity index (χ0) is 28.9. The summed E-state index contributed by atoms with van der Waals surface area (Å²) in [7, 11) is 1.83. The predicted octanol–water partition coefficient (Wildman–Crippen LogP) is 5.73. The quantitative estimate of drug-likeness (QED) is 0.213. The fourth-order valence-electron chi connectivity index (χ4n) is 4.67. The Morgan fingerprint density at radius 1 is 1.12 bits per heavy atom. The second-order valence-electron chi connectivity index (χ2n) is 9.66. The van der Waals surface area contributed by atoms with E-state index >= 15 is 0 Å². The van der Waals surface area contributed by atoms with E-state index in [0.717, 1.165) is 45.5 Å². The van der Waals surface area contributed by atoms with Gasteiger partial charge in [-0.25, -0.2) is 24.0 Å². The van der Waals surface area contributed by atoms with Crippen molar-refractivity contribution in [3.8, 4) is 17.3 Å². The maximum Gasteiger partial charge on any atom is 0.163 e. The number of benzene rings is 2. The number of nitrogen functional groups attached to an aromatic ring is 1. The van der Waals surface area contributed by atoms with Gasteiger partial charge in [0, 0.05) is 42.7 Å². The molecule has 1 unspecified atom stereocenters. The van der Waals surface area contributed by atoms with Crippen molar-refractivity contribution in [1.82, 2.24) is 30.0 Å². The monoisotopic (exact) mass is 547 g/mol. The van der Waals surface area contributed by atoms with Gasteiger partial charge in [-0.15, -0.1) is 0 Å². The third-order valence-electron chi connectivity index (χ3n) is 6.79. The molecule has 9 nitrogen and oxygen atoms in total. The average molecular weight is 548 g/mol. The smallest absolute Gasteiger partial charge is 0.163 e. The van der Waals surface area contributed by atoms with E-state index in [1.54, 1.807) is 23.0 Å². The molecule has 0 bridgehead atoms. The standard InChI is InChI=1S/C31H30FN9/c1-4-5-26(39-19(2)22-10-12-24(32)13-11-22)25-14-21(15-33)17-36-30(25)35-16-20-6-8-23(9-7-20)28-27-29(34)37-18-38-31(27)41(3)40-28/h5-14,17-19,39H,4,16H2,1-3H3,(H,35,36)(H2,34,37,38)/b26-5+. The molecule has 2 aromatic carbocycles. The Bertz CT molecular complexity index is 1750. The molecule has 5 aromatic rings. The number of hydrogen-bond acceptors (Lipinski definition) is 8. The predicted molar refractivity (Wildman–Crippen MR) is 159 cm³/mol. The summed E-state index contributed by atoms with van der Waals surface area (Å²) < 4.78 is 15.2. The van der Waals surface area contributed by atoms with Crippen LogP contribution >= 0.6 is 0 Å². The first-order valence-corrected chi connectivity index (χ1v) is 13.3. The van der Waals surface area contributed by atoms with Gasteiger partial charge in [0.25, 0.3) is 0 Å². The van der Waals surface area contributed by atoms with E-state index in [9.17, 15) is 9.65 Å². The SMILES string of the molecule is CC/C=C(/NC(C)c1ccc(F)cc1)c1cc(C#N)cnc1NCc1ccc(-c2nn(C)c3ncnc(N)c23)cc1. The van der Waals surface area contributed by atoms with Crippen molar-refractivity contribution in [2.45, 2.75) is 32.9 Å². The third-order valence-corrected chi connectivity index (χ3v) is 6.79. The molecule has 3 heterocycles. The Kier molecular flexibility index (Phi) is 7.87. The number of rotatable bonds is 9. The van der Waals surface area contributed by atoms with E-state index in [-0.39, 0.29) is 11.9 Å². The van der Waals surface area contributed by atoms with Gasteiger partial charge in [0.05, 0.1) is 10.9 Å². The molecule has 0 amide bonds. The molecule has 0 fully saturated rings. The summed E-state index contributed by atoms with van der Waals surface area (Å²) >= 11 is 0. The molecule has 4 N–H and O–H groups in total. The normalized spacial score (nSPS) is 12.2. The lowest BCUT2D eigenvalue weighted by Gasteiger charge is -2.21. The number of pyridine rings is 1. The summed E-state index contributed by atoms with van der Waals surface area (Å²) in [5.41, 5.74) is 12.5. The van der Waals surface area contributed by atoms with Gasteiger partial charge in [0.1, 0.15) is 35.5 Å². The average Bonchev–Trinajstić information content (AvgIpc) is 3.33. The first-order chi connectivity index (χ1) is 19.9. The van der Waals surface area contributed by atoms with Crippen molar-refractivity contribution in [1.29, 1.82) is 5.26 Å². The fourth-order valence-corrected chi connectivity index (χ4v) is 4.67. The summed E-state index contributed by atoms with van der Waals surface area (Å²) in [5, 5.41) is 21.8. The molecule has 0 aliphatic rings. The second kappa shape index (κ2) is 11.8. The zero-order valence-electron chi connectivity index (χ0n) is 23.1. The molecule has 206 valence electrons. The lowest BCUT2D eigenvalue weighted by Crippen LogP contribution is -2.19. The van der Waals surface area contributed by atoms with Crippen LogP contribution in [0.3, 0.4) is 0 Å². The van der Waals surface area contributed by atoms with Gasteiger partial charge in [0.2, 0.25) is 0 Å². The highest BCUT2D eigenvalue weighted by atomic mass is 19.1. The summed E-state index contributed by atoms with van der Waals surface area (Å²) in [6, 6.07) is 18.4. The molecular formula is C31H30FN9. The highest BCUT2D eigenvalue weighted by molar-refractivity contribution is 5.98. The lowest BCUT2D eigenvalue weighted by molar-refractivity contribution is 0.623. The highest BCUT2D eigenvalue weighted by Gasteiger charge is 2.16. The number of nitriles is 1. The fraction of sp³-hybridized carbons (Fsp3) is 0.194. The Morgan fingerprint density at radius 2 is 1.88 bits per heavy atom. The molecule has 0 saturated carbocycles. The van der Waals surface area contributed by atoms with Crippen molar-refractivity contribution >= 4 is 28.4 Å². The van der Waals surface area contributed by atoms with Crippen molar-refractivity contribution in [3.05, 3.63) is 101 Å². The van der Waals surface area contributed by atoms with Crippen LogP contribution in [0.2, 0.25) is 0 Å². The minimum Gasteiger partial charge on any atom is -0.383 e. The van der Waals surface area contributed by atoms with Crippen LogP contribution in [0, 0.1) is 17.1 Å². The molecule has 41 heavy (non-hydrogen) atoms. The number of halogens is 1. The van der Waals surface area contributed by atoms with Crippen LogP contribution in [0.15, 0.2) is 73.2 Å². The van der Waals surface area contributed by atoms with E-state index in [1.165, 1.54) is 18.5 Å². The van der Waals surface area contributed by atoms with E-state index in [4.69, 9.17) is 5.73 Å². The second-order valence-corrected chi connectivity index (χ2v) is 9.66. The van der Waals surface area contributed by atoms with Crippen LogP contribution in [-0.4, -0.2) is 24.7 Å². The summed E-state index contributed by atoms with van der Waals surface area (Å²) in [4.78, 5) is 13.0. The van der Waals surface area contributed by atoms with Gasteiger partial charge in [-0.1, -0.05) is 49.4 Å². The summed E-state index contributed by atoms with van der Waals surface area (Å²) in [5.74, 6) is 0.760. The van der Waals surface area contributed by atoms with Crippen LogP contribution in [0.5, 0.6) is 0 Å². The zero-order valence-corrected chi connectivity index (χ0v) is 23.1. The van der Waals surface area contributed by atoms with E-state index in [0.29, 0.717) is 29.4 Å². The Hall–Kier alpha value is -5.30. The van der Waals surface area contributed by atoms with Gasteiger partial charge >= 0.3 is 0 Å². The van der Waals surface area contributed by atoms with Crippen molar-refractivity contribution in [2.24, 2.45) is 7.05 Å². The van der Waals surface area contributed by atoms with Crippen LogP contribution in [0.4, 0.5) is 16.0 Å². The Morgan fingerprint density at radius 3 is 2.59 bits per heavy atom. The van der Waals surface area contributed by atoms with Crippen LogP contribution in [-0.2, 0) is 13.6 Å². The lowest BCUT2D eigenvalue weighted by atomic mass is 10.0. The molecule has 3 aromatic heterocycles. The topological polar surface area (TPSA) is 130 Å². The molecule has 0 saturated heterocycles. The summed E-state index contributed by atoms with van der Waals surface area (Å²) in [6.07, 6.45) is 5.82. The minimum absolute atomic E-state index is 0.0957. The van der Waals surface area contributed by atoms with Crippen LogP contribution < -0.4 is 16.4 Å². The number of hydrogen-bond donors (Lipinski definition) is 3. The molecule has 1 atom stereocenters. The number of aromatic nitrogens is 5. The molecule has 0 spiro atoms. The van der Waals surface area contributed by atoms with Crippen molar-refractivity contribution in [3.63, 3.8) is 0 Å². The Labute approximate surface area is 237 Å². The van der Waals surface area contributed by atoms with Gasteiger partial charge in [0.15, 0.2) is 5.65 Å². The Balaban J connectivity index is 1.38. The number of allylic oxidation sites excluding steroid dienone is 1. The van der Waals surface area contributed by atoms with Crippen molar-refractivity contribution < 1.29 is 4.39 Å². The minimum atomic E-state index is -0.276. The number of fused-ring (bicyclic) bond motifs is 1. The van der Waals surface area contributed by atoms with Gasteiger partial charge in [-0.3, -0.25) is 0 Å². The maximum absolute atomic E-state index is 13.5. The van der Waals surface area contributed by atoms with E-state index in [2.05, 4.69) is 42.8 Å².